The highest BCUT2D eigenvalue weighted by molar-refractivity contribution is 7.45. The van der Waals surface area contributed by atoms with Gasteiger partial charge in [-0.2, -0.15) is 0 Å². The van der Waals surface area contributed by atoms with Crippen molar-refractivity contribution in [3.8, 4) is 0 Å². The molecular weight excluding hydrogens is 635 g/mol. The molecular formula is C40H69N2O6P. The fourth-order valence-electron chi connectivity index (χ4n) is 4.38. The maximum absolute atomic E-state index is 12.7. The van der Waals surface area contributed by atoms with Crippen molar-refractivity contribution in [2.24, 2.45) is 0 Å². The number of nitrogens with one attached hydrogen (secondary N) is 1. The summed E-state index contributed by atoms with van der Waals surface area (Å²) in [4.78, 5) is 25.1. The number of phosphoric ester groups is 1. The second-order valence-electron chi connectivity index (χ2n) is 13.2. The van der Waals surface area contributed by atoms with Gasteiger partial charge < -0.3 is 28.8 Å². The Morgan fingerprint density at radius 1 is 0.735 bits per heavy atom. The predicted octanol–water partition coefficient (Wildman–Crippen LogP) is 8.82. The molecule has 0 aromatic rings. The summed E-state index contributed by atoms with van der Waals surface area (Å²) in [5.41, 5.74) is 0. The molecule has 0 bridgehead atoms. The summed E-state index contributed by atoms with van der Waals surface area (Å²) >= 11 is 0. The van der Waals surface area contributed by atoms with Crippen LogP contribution in [0.1, 0.15) is 110 Å². The normalized spacial score (nSPS) is 15.7. The Hall–Kier alpha value is -2.32. The van der Waals surface area contributed by atoms with E-state index >= 15 is 0 Å². The van der Waals surface area contributed by atoms with Crippen LogP contribution in [-0.2, 0) is 18.4 Å². The average molecular weight is 705 g/mol. The van der Waals surface area contributed by atoms with E-state index in [1.807, 2.05) is 27.2 Å². The molecule has 0 aromatic carbocycles. The van der Waals surface area contributed by atoms with E-state index in [-0.39, 0.29) is 18.9 Å². The lowest BCUT2D eigenvalue weighted by Gasteiger charge is -2.29. The van der Waals surface area contributed by atoms with Crippen molar-refractivity contribution in [2.45, 2.75) is 122 Å². The fourth-order valence-corrected chi connectivity index (χ4v) is 5.10. The number of hydrogen-bond acceptors (Lipinski definition) is 6. The van der Waals surface area contributed by atoms with Gasteiger partial charge in [-0.05, 0) is 70.6 Å². The lowest BCUT2D eigenvalue weighted by Crippen LogP contribution is -2.45. The van der Waals surface area contributed by atoms with Crippen molar-refractivity contribution in [2.75, 3.05) is 40.9 Å². The number of likely N-dealkylation sites (N-methyl/N-ethyl adjacent to an activating group) is 1. The molecule has 0 aliphatic rings. The van der Waals surface area contributed by atoms with E-state index in [2.05, 4.69) is 92.1 Å². The molecule has 0 saturated carbocycles. The highest BCUT2D eigenvalue weighted by Crippen LogP contribution is 2.38. The van der Waals surface area contributed by atoms with Gasteiger partial charge in [0, 0.05) is 6.42 Å². The number of aliphatic hydroxyl groups is 1. The van der Waals surface area contributed by atoms with Gasteiger partial charge in [-0.15, -0.1) is 0 Å². The van der Waals surface area contributed by atoms with Gasteiger partial charge in [0.2, 0.25) is 5.91 Å². The summed E-state index contributed by atoms with van der Waals surface area (Å²) in [6.07, 6.45) is 42.1. The van der Waals surface area contributed by atoms with Gasteiger partial charge in [0.25, 0.3) is 7.82 Å². The first-order valence-corrected chi connectivity index (χ1v) is 19.9. The highest BCUT2D eigenvalue weighted by Gasteiger charge is 2.23. The van der Waals surface area contributed by atoms with E-state index in [1.165, 1.54) is 25.7 Å². The van der Waals surface area contributed by atoms with Crippen LogP contribution in [0, 0.1) is 0 Å². The van der Waals surface area contributed by atoms with Gasteiger partial charge >= 0.3 is 0 Å². The third-order valence-corrected chi connectivity index (χ3v) is 8.30. The molecule has 0 radical (unpaired) electrons. The number of aliphatic hydroxyl groups excluding tert-OH is 1. The number of phosphoric acid groups is 1. The maximum atomic E-state index is 12.7. The summed E-state index contributed by atoms with van der Waals surface area (Å²) in [6, 6.07) is -0.934. The van der Waals surface area contributed by atoms with Crippen molar-refractivity contribution in [3.63, 3.8) is 0 Å². The zero-order valence-electron chi connectivity index (χ0n) is 31.3. The van der Waals surface area contributed by atoms with Gasteiger partial charge in [0.15, 0.2) is 0 Å². The fraction of sp³-hybridized carbons (Fsp3) is 0.625. The monoisotopic (exact) mass is 704 g/mol. The number of unbranched alkanes of at least 4 members (excludes halogenated alkanes) is 6. The van der Waals surface area contributed by atoms with Crippen LogP contribution in [-0.4, -0.2) is 68.5 Å². The third kappa shape index (κ3) is 33.9. The lowest BCUT2D eigenvalue weighted by atomic mass is 10.1. The number of hydrogen-bond donors (Lipinski definition) is 2. The number of rotatable bonds is 31. The molecule has 280 valence electrons. The van der Waals surface area contributed by atoms with Crippen LogP contribution < -0.4 is 10.2 Å². The average Bonchev–Trinajstić information content (AvgIpc) is 3.04. The second kappa shape index (κ2) is 31.6. The standard InChI is InChI=1S/C40H69N2O6P/c1-6-8-10-12-14-16-18-19-20-21-22-23-24-26-28-30-32-34-40(44)41-38(37-48-49(45,46)47-36-35-42(3,4)5)39(43)33-31-29-27-25-17-15-13-11-9-7-2/h8,10,14,16-17,19-20,22-23,25-26,28,31,33,38-39,43H,6-7,9,11-13,15,18,21,24,27,29-30,32,34-37H2,1-5H3,(H-,41,44,45,46)/b10-8-,16-14-,20-19-,23-22-,25-17+,28-26-,33-31+. The molecule has 3 atom stereocenters. The highest BCUT2D eigenvalue weighted by atomic mass is 31.2. The Morgan fingerprint density at radius 3 is 1.86 bits per heavy atom. The third-order valence-electron chi connectivity index (χ3n) is 7.34. The molecule has 9 heteroatoms. The summed E-state index contributed by atoms with van der Waals surface area (Å²) < 4.78 is 23.0. The van der Waals surface area contributed by atoms with Crippen molar-refractivity contribution < 1.29 is 32.9 Å². The van der Waals surface area contributed by atoms with Crippen molar-refractivity contribution >= 4 is 13.7 Å². The minimum atomic E-state index is -4.60. The smallest absolute Gasteiger partial charge is 0.268 e. The maximum Gasteiger partial charge on any atom is 0.268 e. The van der Waals surface area contributed by atoms with Gasteiger partial charge in [0.05, 0.1) is 39.9 Å². The molecule has 0 aliphatic heterocycles. The number of amides is 1. The molecule has 0 aromatic heterocycles. The van der Waals surface area contributed by atoms with Crippen LogP contribution in [0.2, 0.25) is 0 Å². The molecule has 1 amide bonds. The molecule has 0 spiro atoms. The van der Waals surface area contributed by atoms with E-state index in [0.29, 0.717) is 17.4 Å². The van der Waals surface area contributed by atoms with E-state index in [9.17, 15) is 19.4 Å². The molecule has 0 rings (SSSR count). The van der Waals surface area contributed by atoms with Crippen molar-refractivity contribution in [3.05, 3.63) is 85.1 Å². The van der Waals surface area contributed by atoms with Crippen LogP contribution in [0.4, 0.5) is 0 Å². The number of quaternary nitrogens is 1. The molecule has 8 nitrogen and oxygen atoms in total. The molecule has 0 heterocycles. The first kappa shape index (κ1) is 46.7. The SMILES string of the molecule is CC/C=C\C/C=C\C/C=C\C/C=C\C/C=C\CCCC(=O)NC(COP(=O)([O-])OCC[N+](C)(C)C)C(O)/C=C/CC/C=C/CCCCCC. The first-order chi connectivity index (χ1) is 23.5. The molecule has 2 N–H and O–H groups in total. The van der Waals surface area contributed by atoms with Crippen LogP contribution in [0.3, 0.4) is 0 Å². The Bertz CT molecular complexity index is 1070. The number of allylic oxidation sites excluding steroid dienone is 13. The van der Waals surface area contributed by atoms with E-state index in [4.69, 9.17) is 9.05 Å². The Balaban J connectivity index is 4.69. The molecule has 0 fully saturated rings. The topological polar surface area (TPSA) is 108 Å². The summed E-state index contributed by atoms with van der Waals surface area (Å²) in [5.74, 6) is -0.272. The van der Waals surface area contributed by atoms with Crippen molar-refractivity contribution in [1.29, 1.82) is 0 Å². The predicted molar refractivity (Wildman–Crippen MR) is 205 cm³/mol. The first-order valence-electron chi connectivity index (χ1n) is 18.4. The molecule has 0 saturated heterocycles. The van der Waals surface area contributed by atoms with E-state index in [1.54, 1.807) is 6.08 Å². The van der Waals surface area contributed by atoms with Gasteiger partial charge in [0.1, 0.15) is 13.2 Å². The second-order valence-corrected chi connectivity index (χ2v) is 14.6. The zero-order valence-corrected chi connectivity index (χ0v) is 32.2. The van der Waals surface area contributed by atoms with Crippen LogP contribution in [0.5, 0.6) is 0 Å². The zero-order chi connectivity index (χ0) is 36.5. The number of nitrogens with zero attached hydrogens (tertiary/aromatic N) is 1. The summed E-state index contributed by atoms with van der Waals surface area (Å²) in [5, 5.41) is 13.6. The lowest BCUT2D eigenvalue weighted by molar-refractivity contribution is -0.870. The van der Waals surface area contributed by atoms with Crippen LogP contribution in [0.25, 0.3) is 0 Å². The quantitative estimate of drug-likeness (QED) is 0.0323. The molecule has 49 heavy (non-hydrogen) atoms. The minimum Gasteiger partial charge on any atom is -0.756 e. The summed E-state index contributed by atoms with van der Waals surface area (Å²) in [6.45, 7) is 4.37. The molecule has 3 unspecified atom stereocenters. The Morgan fingerprint density at radius 2 is 1.27 bits per heavy atom. The van der Waals surface area contributed by atoms with Crippen molar-refractivity contribution in [1.82, 2.24) is 5.32 Å². The van der Waals surface area contributed by atoms with Gasteiger partial charge in [-0.25, -0.2) is 0 Å². The summed E-state index contributed by atoms with van der Waals surface area (Å²) in [7, 11) is 1.18. The minimum absolute atomic E-state index is 0.0221. The number of carbonyl (C=O) groups excluding carboxylic acids is 1. The van der Waals surface area contributed by atoms with E-state index < -0.39 is 26.6 Å². The largest absolute Gasteiger partial charge is 0.756 e. The van der Waals surface area contributed by atoms with Crippen LogP contribution >= 0.6 is 7.82 Å². The van der Waals surface area contributed by atoms with Gasteiger partial charge in [-0.3, -0.25) is 9.36 Å². The molecule has 0 aliphatic carbocycles. The Labute approximate surface area is 299 Å². The Kier molecular flexibility index (Phi) is 30.1. The van der Waals surface area contributed by atoms with E-state index in [0.717, 1.165) is 57.8 Å². The number of carbonyl (C=O) groups is 1. The van der Waals surface area contributed by atoms with Gasteiger partial charge in [-0.1, -0.05) is 118 Å². The van der Waals surface area contributed by atoms with Crippen LogP contribution in [0.15, 0.2) is 85.1 Å².